The van der Waals surface area contributed by atoms with E-state index in [0.717, 1.165) is 41.7 Å². The molecule has 0 bridgehead atoms. The molecular formula is C10H17N5OS. The topological polar surface area (TPSA) is 78.3 Å². The molecule has 2 aromatic rings. The van der Waals surface area contributed by atoms with Gasteiger partial charge in [-0.15, -0.1) is 10.2 Å². The molecule has 2 aromatic heterocycles. The summed E-state index contributed by atoms with van der Waals surface area (Å²) in [6, 6.07) is -0.0402. The zero-order chi connectivity index (χ0) is 12.3. The van der Waals surface area contributed by atoms with Gasteiger partial charge in [-0.2, -0.15) is 9.61 Å². The number of ether oxygens (including phenoxy) is 1. The molecule has 2 rings (SSSR count). The molecule has 1 unspecified atom stereocenters. The summed E-state index contributed by atoms with van der Waals surface area (Å²) in [6.45, 7) is 2.77. The van der Waals surface area contributed by atoms with Crippen molar-refractivity contribution < 1.29 is 4.74 Å². The summed E-state index contributed by atoms with van der Waals surface area (Å²) in [5.74, 6) is 0.881. The van der Waals surface area contributed by atoms with E-state index in [1.807, 2.05) is 6.92 Å². The zero-order valence-electron chi connectivity index (χ0n) is 10.1. The van der Waals surface area contributed by atoms with Crippen LogP contribution >= 0.6 is 11.3 Å². The lowest BCUT2D eigenvalue weighted by molar-refractivity contribution is 0.190. The van der Waals surface area contributed by atoms with Crippen molar-refractivity contribution in [2.45, 2.75) is 32.2 Å². The standard InChI is InChI=1S/C10H17N5OS/c1-3-8-12-13-10-15(8)14-9(17-10)7(11)5-4-6-16-2/h7H,3-6,11H2,1-2H3. The molecule has 7 heteroatoms. The Bertz CT molecular complexity index is 480. The predicted octanol–water partition coefficient (Wildman–Crippen LogP) is 1.17. The molecule has 0 aromatic carbocycles. The van der Waals surface area contributed by atoms with Gasteiger partial charge in [0.1, 0.15) is 5.01 Å². The fourth-order valence-electron chi connectivity index (χ4n) is 1.61. The number of rotatable bonds is 6. The number of hydrogen-bond donors (Lipinski definition) is 1. The Morgan fingerprint density at radius 1 is 1.47 bits per heavy atom. The van der Waals surface area contributed by atoms with Crippen LogP contribution in [0.1, 0.15) is 36.6 Å². The normalized spacial score (nSPS) is 13.4. The van der Waals surface area contributed by atoms with Crippen molar-refractivity contribution in [3.63, 3.8) is 0 Å². The van der Waals surface area contributed by atoms with Crippen LogP contribution in [0.25, 0.3) is 4.96 Å². The first-order valence-corrected chi connectivity index (χ1v) is 6.53. The molecule has 6 nitrogen and oxygen atoms in total. The van der Waals surface area contributed by atoms with E-state index in [9.17, 15) is 0 Å². The first kappa shape index (κ1) is 12.4. The maximum Gasteiger partial charge on any atom is 0.234 e. The molecule has 0 aliphatic rings. The van der Waals surface area contributed by atoms with Crippen molar-refractivity contribution in [1.82, 2.24) is 19.8 Å². The number of hydrogen-bond acceptors (Lipinski definition) is 6. The highest BCUT2D eigenvalue weighted by Gasteiger charge is 2.15. The van der Waals surface area contributed by atoms with E-state index >= 15 is 0 Å². The summed E-state index contributed by atoms with van der Waals surface area (Å²) in [5.41, 5.74) is 6.08. The Balaban J connectivity index is 2.10. The van der Waals surface area contributed by atoms with Crippen LogP contribution in [0.3, 0.4) is 0 Å². The second-order valence-electron chi connectivity index (χ2n) is 3.85. The van der Waals surface area contributed by atoms with Crippen molar-refractivity contribution in [1.29, 1.82) is 0 Å². The van der Waals surface area contributed by atoms with E-state index in [1.54, 1.807) is 11.6 Å². The molecular weight excluding hydrogens is 238 g/mol. The molecule has 0 aliphatic heterocycles. The highest BCUT2D eigenvalue weighted by atomic mass is 32.1. The van der Waals surface area contributed by atoms with Gasteiger partial charge in [0.25, 0.3) is 0 Å². The molecule has 2 heterocycles. The van der Waals surface area contributed by atoms with Crippen LogP contribution in [0.15, 0.2) is 0 Å². The minimum absolute atomic E-state index is 0.0402. The fourth-order valence-corrected chi connectivity index (χ4v) is 2.51. The van der Waals surface area contributed by atoms with Crippen LogP contribution in [-0.2, 0) is 11.2 Å². The molecule has 0 fully saturated rings. The Kier molecular flexibility index (Phi) is 4.03. The van der Waals surface area contributed by atoms with Gasteiger partial charge in [-0.3, -0.25) is 0 Å². The van der Waals surface area contributed by atoms with Crippen LogP contribution in [0.4, 0.5) is 0 Å². The fraction of sp³-hybridized carbons (Fsp3) is 0.700. The molecule has 0 radical (unpaired) electrons. The lowest BCUT2D eigenvalue weighted by Gasteiger charge is -2.06. The van der Waals surface area contributed by atoms with Gasteiger partial charge in [0.2, 0.25) is 4.96 Å². The first-order chi connectivity index (χ1) is 8.26. The third kappa shape index (κ3) is 2.62. The highest BCUT2D eigenvalue weighted by Crippen LogP contribution is 2.22. The summed E-state index contributed by atoms with van der Waals surface area (Å²) >= 11 is 1.51. The van der Waals surface area contributed by atoms with E-state index in [-0.39, 0.29) is 6.04 Å². The van der Waals surface area contributed by atoms with Crippen molar-refractivity contribution in [3.05, 3.63) is 10.8 Å². The summed E-state index contributed by atoms with van der Waals surface area (Å²) in [6.07, 6.45) is 2.64. The summed E-state index contributed by atoms with van der Waals surface area (Å²) < 4.78 is 6.80. The minimum Gasteiger partial charge on any atom is -0.385 e. The molecule has 0 saturated heterocycles. The van der Waals surface area contributed by atoms with Crippen molar-refractivity contribution >= 4 is 16.3 Å². The zero-order valence-corrected chi connectivity index (χ0v) is 10.9. The van der Waals surface area contributed by atoms with Crippen molar-refractivity contribution in [2.24, 2.45) is 5.73 Å². The number of nitrogens with zero attached hydrogens (tertiary/aromatic N) is 4. The first-order valence-electron chi connectivity index (χ1n) is 5.71. The van der Waals surface area contributed by atoms with Gasteiger partial charge in [0.15, 0.2) is 5.82 Å². The van der Waals surface area contributed by atoms with Gasteiger partial charge < -0.3 is 10.5 Å². The van der Waals surface area contributed by atoms with Crippen LogP contribution in [0.5, 0.6) is 0 Å². The molecule has 0 spiro atoms. The quantitative estimate of drug-likeness (QED) is 0.784. The molecule has 94 valence electrons. The lowest BCUT2D eigenvalue weighted by Crippen LogP contribution is -2.11. The maximum absolute atomic E-state index is 6.08. The van der Waals surface area contributed by atoms with Gasteiger partial charge in [0, 0.05) is 20.1 Å². The second-order valence-corrected chi connectivity index (χ2v) is 4.83. The van der Waals surface area contributed by atoms with Crippen LogP contribution in [0, 0.1) is 0 Å². The second kappa shape index (κ2) is 5.52. The Morgan fingerprint density at radius 2 is 2.29 bits per heavy atom. The third-order valence-corrected chi connectivity index (χ3v) is 3.60. The summed E-state index contributed by atoms with van der Waals surface area (Å²) in [5, 5.41) is 13.5. The molecule has 0 aliphatic carbocycles. The smallest absolute Gasteiger partial charge is 0.234 e. The molecule has 1 atom stereocenters. The summed E-state index contributed by atoms with van der Waals surface area (Å²) in [4.78, 5) is 0.819. The predicted molar refractivity (Wildman–Crippen MR) is 66.1 cm³/mol. The molecule has 0 saturated carbocycles. The summed E-state index contributed by atoms with van der Waals surface area (Å²) in [7, 11) is 1.70. The Labute approximate surface area is 104 Å². The van der Waals surface area contributed by atoms with E-state index in [0.29, 0.717) is 0 Å². The Morgan fingerprint density at radius 3 is 3.00 bits per heavy atom. The van der Waals surface area contributed by atoms with Gasteiger partial charge in [0.05, 0.1) is 6.04 Å². The molecule has 0 amide bonds. The maximum atomic E-state index is 6.08. The van der Waals surface area contributed by atoms with Crippen molar-refractivity contribution in [2.75, 3.05) is 13.7 Å². The van der Waals surface area contributed by atoms with Gasteiger partial charge in [-0.1, -0.05) is 18.3 Å². The number of nitrogens with two attached hydrogens (primary N) is 1. The van der Waals surface area contributed by atoms with E-state index in [4.69, 9.17) is 10.5 Å². The average molecular weight is 255 g/mol. The van der Waals surface area contributed by atoms with Crippen LogP contribution < -0.4 is 5.73 Å². The highest BCUT2D eigenvalue weighted by molar-refractivity contribution is 7.16. The molecule has 2 N–H and O–H groups in total. The largest absolute Gasteiger partial charge is 0.385 e. The third-order valence-electron chi connectivity index (χ3n) is 2.57. The van der Waals surface area contributed by atoms with Crippen molar-refractivity contribution in [3.8, 4) is 0 Å². The number of methoxy groups -OCH3 is 1. The average Bonchev–Trinajstić information content (AvgIpc) is 2.88. The minimum atomic E-state index is -0.0402. The van der Waals surface area contributed by atoms with Gasteiger partial charge in [-0.25, -0.2) is 0 Å². The number of aromatic nitrogens is 4. The van der Waals surface area contributed by atoms with E-state index < -0.39 is 0 Å². The van der Waals surface area contributed by atoms with Gasteiger partial charge in [-0.05, 0) is 12.8 Å². The number of fused-ring (bicyclic) bond motifs is 1. The van der Waals surface area contributed by atoms with E-state index in [1.165, 1.54) is 11.3 Å². The molecule has 17 heavy (non-hydrogen) atoms. The van der Waals surface area contributed by atoms with Crippen LogP contribution in [-0.4, -0.2) is 33.5 Å². The van der Waals surface area contributed by atoms with Gasteiger partial charge >= 0.3 is 0 Å². The number of aryl methyl sites for hydroxylation is 1. The Hall–Kier alpha value is -1.05. The lowest BCUT2D eigenvalue weighted by atomic mass is 10.2. The van der Waals surface area contributed by atoms with Crippen LogP contribution in [0.2, 0.25) is 0 Å². The monoisotopic (exact) mass is 255 g/mol. The van der Waals surface area contributed by atoms with E-state index in [2.05, 4.69) is 15.3 Å². The SMILES string of the molecule is CCc1nnc2sc(C(N)CCCOC)nn12.